The summed E-state index contributed by atoms with van der Waals surface area (Å²) in [6, 6.07) is 14.9. The van der Waals surface area contributed by atoms with Crippen LogP contribution in [0.4, 0.5) is 11.6 Å². The zero-order valence-electron chi connectivity index (χ0n) is 18.4. The van der Waals surface area contributed by atoms with Gasteiger partial charge in [0.15, 0.2) is 5.65 Å². The molecule has 1 atom stereocenters. The van der Waals surface area contributed by atoms with E-state index in [9.17, 15) is 4.79 Å². The van der Waals surface area contributed by atoms with Crippen molar-refractivity contribution in [2.45, 2.75) is 45.4 Å². The first kappa shape index (κ1) is 20.5. The molecule has 3 heterocycles. The smallest absolute Gasteiger partial charge is 0.249 e. The molecule has 1 amide bonds. The van der Waals surface area contributed by atoms with E-state index in [1.54, 1.807) is 0 Å². The molecule has 2 aliphatic rings. The maximum absolute atomic E-state index is 12.1. The van der Waals surface area contributed by atoms with Gasteiger partial charge in [-0.25, -0.2) is 4.52 Å². The van der Waals surface area contributed by atoms with Gasteiger partial charge < -0.3 is 4.90 Å². The minimum atomic E-state index is 0.0140. The van der Waals surface area contributed by atoms with E-state index in [1.165, 1.54) is 11.3 Å². The van der Waals surface area contributed by atoms with Crippen molar-refractivity contribution in [3.63, 3.8) is 0 Å². The molecule has 1 aromatic carbocycles. The lowest BCUT2D eigenvalue weighted by Gasteiger charge is -2.20. The summed E-state index contributed by atoms with van der Waals surface area (Å²) in [5.74, 6) is 0.666. The quantitative estimate of drug-likeness (QED) is 0.573. The summed E-state index contributed by atoms with van der Waals surface area (Å²) in [6.45, 7) is 4.10. The molecule has 1 unspecified atom stereocenters. The standard InChI is InChI=1S/C25H28N6O/c1-2-17(16-26)5-4-13-30-14-12-20-15-19(10-11-21(20)30)22-6-3-7-23-27-25(29-31(22)23)28-24(32)18-8-9-18/h3,6-7,10-11,15,17-18H,2,4-5,8-9,12-14H2,1H3,(H,28,29,32). The normalized spacial score (nSPS) is 16.1. The van der Waals surface area contributed by atoms with E-state index in [4.69, 9.17) is 5.26 Å². The molecule has 0 bridgehead atoms. The second-order valence-corrected chi connectivity index (χ2v) is 8.84. The summed E-state index contributed by atoms with van der Waals surface area (Å²) in [7, 11) is 0. The summed E-state index contributed by atoms with van der Waals surface area (Å²) in [5, 5.41) is 16.6. The van der Waals surface area contributed by atoms with Crippen molar-refractivity contribution in [2.24, 2.45) is 11.8 Å². The first-order valence-corrected chi connectivity index (χ1v) is 11.6. The van der Waals surface area contributed by atoms with Crippen LogP contribution < -0.4 is 10.2 Å². The number of nitriles is 1. The number of fused-ring (bicyclic) bond motifs is 2. The van der Waals surface area contributed by atoms with Crippen molar-refractivity contribution in [3.8, 4) is 17.3 Å². The number of nitrogens with one attached hydrogen (secondary N) is 1. The minimum Gasteiger partial charge on any atom is -0.371 e. The SMILES string of the molecule is CCC(C#N)CCCN1CCc2cc(-c3cccc4nc(NC(=O)C5CC5)nn34)ccc21. The average molecular weight is 429 g/mol. The third kappa shape index (κ3) is 4.05. The Morgan fingerprint density at radius 1 is 1.31 bits per heavy atom. The van der Waals surface area contributed by atoms with Crippen LogP contribution >= 0.6 is 0 Å². The molecule has 1 saturated carbocycles. The summed E-state index contributed by atoms with van der Waals surface area (Å²) in [5.41, 5.74) is 5.41. The molecule has 3 aromatic rings. The third-order valence-electron chi connectivity index (χ3n) is 6.57. The molecule has 0 radical (unpaired) electrons. The van der Waals surface area contributed by atoms with Gasteiger partial charge in [0.25, 0.3) is 0 Å². The second-order valence-electron chi connectivity index (χ2n) is 8.84. The lowest BCUT2D eigenvalue weighted by molar-refractivity contribution is -0.117. The second kappa shape index (κ2) is 8.62. The van der Waals surface area contributed by atoms with Crippen LogP contribution in [-0.2, 0) is 11.2 Å². The van der Waals surface area contributed by atoms with Gasteiger partial charge in [0.2, 0.25) is 11.9 Å². The monoisotopic (exact) mass is 428 g/mol. The molecule has 0 spiro atoms. The van der Waals surface area contributed by atoms with Gasteiger partial charge in [-0.1, -0.05) is 19.1 Å². The molecule has 1 aliphatic heterocycles. The fourth-order valence-corrected chi connectivity index (χ4v) is 4.48. The van der Waals surface area contributed by atoms with Crippen LogP contribution in [0.5, 0.6) is 0 Å². The van der Waals surface area contributed by atoms with Gasteiger partial charge in [0.1, 0.15) is 0 Å². The molecule has 0 saturated heterocycles. The molecule has 1 N–H and O–H groups in total. The maximum Gasteiger partial charge on any atom is 0.249 e. The highest BCUT2D eigenvalue weighted by Crippen LogP contribution is 2.33. The van der Waals surface area contributed by atoms with Gasteiger partial charge >= 0.3 is 0 Å². The van der Waals surface area contributed by atoms with E-state index in [0.717, 1.165) is 68.5 Å². The van der Waals surface area contributed by atoms with Crippen LogP contribution in [0, 0.1) is 23.2 Å². The van der Waals surface area contributed by atoms with E-state index < -0.39 is 0 Å². The van der Waals surface area contributed by atoms with Crippen molar-refractivity contribution < 1.29 is 4.79 Å². The van der Waals surface area contributed by atoms with E-state index in [1.807, 2.05) is 22.7 Å². The Hall–Kier alpha value is -3.40. The number of aromatic nitrogens is 3. The van der Waals surface area contributed by atoms with Crippen molar-refractivity contribution >= 4 is 23.2 Å². The molecule has 5 rings (SSSR count). The van der Waals surface area contributed by atoms with Crippen molar-refractivity contribution in [2.75, 3.05) is 23.3 Å². The summed E-state index contributed by atoms with van der Waals surface area (Å²) in [6.07, 6.45) is 5.86. The van der Waals surface area contributed by atoms with Crippen molar-refractivity contribution in [3.05, 3.63) is 42.0 Å². The van der Waals surface area contributed by atoms with Crippen LogP contribution in [0.1, 0.15) is 44.6 Å². The predicted octanol–water partition coefficient (Wildman–Crippen LogP) is 4.44. The molecule has 7 nitrogen and oxygen atoms in total. The molecule has 7 heteroatoms. The van der Waals surface area contributed by atoms with Gasteiger partial charge in [0, 0.05) is 36.2 Å². The number of carbonyl (C=O) groups excluding carboxylic acids is 1. The van der Waals surface area contributed by atoms with Crippen molar-refractivity contribution in [1.29, 1.82) is 5.26 Å². The molecule has 164 valence electrons. The summed E-state index contributed by atoms with van der Waals surface area (Å²) >= 11 is 0. The van der Waals surface area contributed by atoms with Crippen LogP contribution in [0.3, 0.4) is 0 Å². The fraction of sp³-hybridized carbons (Fsp3) is 0.440. The highest BCUT2D eigenvalue weighted by Gasteiger charge is 2.30. The van der Waals surface area contributed by atoms with Crippen LogP contribution in [0.15, 0.2) is 36.4 Å². The number of amides is 1. The average Bonchev–Trinajstić information content (AvgIpc) is 3.47. The Labute approximate surface area is 188 Å². The van der Waals surface area contributed by atoms with Crippen molar-refractivity contribution in [1.82, 2.24) is 14.6 Å². The lowest BCUT2D eigenvalue weighted by atomic mass is 10.0. The number of nitrogens with zero attached hydrogens (tertiary/aromatic N) is 5. The van der Waals surface area contributed by atoms with E-state index in [-0.39, 0.29) is 17.7 Å². The number of hydrogen-bond acceptors (Lipinski definition) is 5. The molecular weight excluding hydrogens is 400 g/mol. The molecule has 32 heavy (non-hydrogen) atoms. The Kier molecular flexibility index (Phi) is 5.52. The Bertz CT molecular complexity index is 1190. The molecular formula is C25H28N6O. The number of benzene rings is 1. The first-order valence-electron chi connectivity index (χ1n) is 11.6. The largest absolute Gasteiger partial charge is 0.371 e. The van der Waals surface area contributed by atoms with E-state index in [2.05, 4.69) is 51.5 Å². The zero-order valence-corrected chi connectivity index (χ0v) is 18.4. The van der Waals surface area contributed by atoms with Gasteiger partial charge in [-0.3, -0.25) is 10.1 Å². The number of carbonyl (C=O) groups is 1. The summed E-state index contributed by atoms with van der Waals surface area (Å²) < 4.78 is 1.81. The molecule has 1 aliphatic carbocycles. The third-order valence-corrected chi connectivity index (χ3v) is 6.57. The highest BCUT2D eigenvalue weighted by atomic mass is 16.2. The predicted molar refractivity (Wildman–Crippen MR) is 124 cm³/mol. The maximum atomic E-state index is 12.1. The first-order chi connectivity index (χ1) is 15.7. The van der Waals surface area contributed by atoms with Gasteiger partial charge in [-0.05, 0) is 68.4 Å². The van der Waals surface area contributed by atoms with E-state index >= 15 is 0 Å². The number of anilines is 2. The van der Waals surface area contributed by atoms with Crippen LogP contribution in [0.2, 0.25) is 0 Å². The summed E-state index contributed by atoms with van der Waals surface area (Å²) in [4.78, 5) is 19.0. The fourth-order valence-electron chi connectivity index (χ4n) is 4.48. The Morgan fingerprint density at radius 2 is 2.19 bits per heavy atom. The molecule has 2 aromatic heterocycles. The van der Waals surface area contributed by atoms with Crippen LogP contribution in [-0.4, -0.2) is 33.6 Å². The number of pyridine rings is 1. The van der Waals surface area contributed by atoms with Gasteiger partial charge in [0.05, 0.1) is 11.8 Å². The zero-order chi connectivity index (χ0) is 22.1. The number of rotatable bonds is 8. The molecule has 1 fully saturated rings. The van der Waals surface area contributed by atoms with E-state index in [0.29, 0.717) is 5.95 Å². The van der Waals surface area contributed by atoms with Crippen LogP contribution in [0.25, 0.3) is 16.9 Å². The van der Waals surface area contributed by atoms with Gasteiger partial charge in [-0.2, -0.15) is 10.2 Å². The lowest BCUT2D eigenvalue weighted by Crippen LogP contribution is -2.22. The van der Waals surface area contributed by atoms with Gasteiger partial charge in [-0.15, -0.1) is 5.10 Å². The number of hydrogen-bond donors (Lipinski definition) is 1. The highest BCUT2D eigenvalue weighted by molar-refractivity contribution is 5.92. The topological polar surface area (TPSA) is 86.3 Å². The Balaban J connectivity index is 1.34. The minimum absolute atomic E-state index is 0.0140. The Morgan fingerprint density at radius 3 is 2.97 bits per heavy atom.